The summed E-state index contributed by atoms with van der Waals surface area (Å²) in [6.07, 6.45) is 0. The van der Waals surface area contributed by atoms with Gasteiger partial charge >= 0.3 is 0 Å². The van der Waals surface area contributed by atoms with E-state index in [1.807, 2.05) is 68.4 Å². The number of hydrogen-bond acceptors (Lipinski definition) is 2. The molecule has 4 rings (SSSR count). The lowest BCUT2D eigenvalue weighted by molar-refractivity contribution is 0.214. The minimum absolute atomic E-state index is 0.0102. The van der Waals surface area contributed by atoms with Gasteiger partial charge < -0.3 is 14.4 Å². The summed E-state index contributed by atoms with van der Waals surface area (Å²) >= 11 is 0. The van der Waals surface area contributed by atoms with Crippen molar-refractivity contribution in [1.29, 1.82) is 0 Å². The number of aliphatic hydroxyl groups excluding tert-OH is 1. The predicted octanol–water partition coefficient (Wildman–Crippen LogP) is 5.93. The van der Waals surface area contributed by atoms with Crippen LogP contribution >= 0.6 is 0 Å². The first-order valence-corrected chi connectivity index (χ1v) is 10.1. The van der Waals surface area contributed by atoms with Crippen LogP contribution in [0.4, 0.5) is 4.39 Å². The number of fused-ring (bicyclic) bond motifs is 1. The Hall–Kier alpha value is -3.11. The molecule has 0 amide bonds. The number of aromatic nitrogens is 1. The average Bonchev–Trinajstić information content (AvgIpc) is 3.16. The van der Waals surface area contributed by atoms with Crippen LogP contribution in [0.15, 0.2) is 72.8 Å². The highest BCUT2D eigenvalue weighted by Crippen LogP contribution is 2.37. The summed E-state index contributed by atoms with van der Waals surface area (Å²) in [6, 6.07) is 23.2. The van der Waals surface area contributed by atoms with E-state index in [-0.39, 0.29) is 12.4 Å². The van der Waals surface area contributed by atoms with Crippen molar-refractivity contribution < 1.29 is 14.2 Å². The lowest BCUT2D eigenvalue weighted by Gasteiger charge is -2.25. The van der Waals surface area contributed by atoms with Gasteiger partial charge in [0.05, 0.1) is 12.1 Å². The monoisotopic (exact) mass is 403 g/mol. The molecule has 4 aromatic rings. The Bertz CT molecular complexity index is 1180. The van der Waals surface area contributed by atoms with Crippen LogP contribution in [-0.2, 0) is 12.0 Å². The molecule has 0 spiro atoms. The maximum absolute atomic E-state index is 13.9. The van der Waals surface area contributed by atoms with E-state index in [0.717, 1.165) is 33.6 Å². The first-order chi connectivity index (χ1) is 14.4. The fourth-order valence-corrected chi connectivity index (χ4v) is 3.69. The Morgan fingerprint density at radius 3 is 2.43 bits per heavy atom. The maximum atomic E-state index is 13.9. The molecule has 0 bridgehead atoms. The van der Waals surface area contributed by atoms with Crippen LogP contribution in [0.25, 0.3) is 16.6 Å². The van der Waals surface area contributed by atoms with E-state index >= 15 is 0 Å². The van der Waals surface area contributed by atoms with Gasteiger partial charge in [0.15, 0.2) is 0 Å². The molecule has 1 N–H and O–H groups in total. The summed E-state index contributed by atoms with van der Waals surface area (Å²) < 4.78 is 22.2. The third kappa shape index (κ3) is 3.71. The van der Waals surface area contributed by atoms with Crippen LogP contribution in [0.1, 0.15) is 30.7 Å². The van der Waals surface area contributed by atoms with Gasteiger partial charge in [0.2, 0.25) is 0 Å². The lowest BCUT2D eigenvalue weighted by atomic mass is 9.90. The van der Waals surface area contributed by atoms with E-state index < -0.39 is 5.41 Å². The molecule has 0 saturated heterocycles. The number of nitrogens with zero attached hydrogens (tertiary/aromatic N) is 1. The molecule has 4 heteroatoms. The van der Waals surface area contributed by atoms with Crippen molar-refractivity contribution >= 4 is 10.9 Å². The summed E-state index contributed by atoms with van der Waals surface area (Å²) in [5.74, 6) is 0.550. The Kier molecular flexibility index (Phi) is 5.35. The van der Waals surface area contributed by atoms with Gasteiger partial charge in [-0.1, -0.05) is 50.2 Å². The minimum Gasteiger partial charge on any atom is -0.488 e. The summed E-state index contributed by atoms with van der Waals surface area (Å²) in [5, 5.41) is 11.0. The molecule has 1 heterocycles. The quantitative estimate of drug-likeness (QED) is 0.433. The molecule has 0 aliphatic carbocycles. The van der Waals surface area contributed by atoms with E-state index in [0.29, 0.717) is 12.2 Å². The molecule has 0 aliphatic rings. The highest BCUT2D eigenvalue weighted by molar-refractivity contribution is 5.89. The summed E-state index contributed by atoms with van der Waals surface area (Å²) in [6.45, 7) is 6.22. The summed E-state index contributed by atoms with van der Waals surface area (Å²) in [7, 11) is 0. The summed E-state index contributed by atoms with van der Waals surface area (Å²) in [4.78, 5) is 0. The number of aliphatic hydroxyl groups is 1. The Morgan fingerprint density at radius 1 is 0.967 bits per heavy atom. The van der Waals surface area contributed by atoms with Crippen molar-refractivity contribution in [3.8, 4) is 11.4 Å². The molecule has 154 valence electrons. The first kappa shape index (κ1) is 20.2. The van der Waals surface area contributed by atoms with Gasteiger partial charge in [0.1, 0.15) is 18.2 Å². The topological polar surface area (TPSA) is 34.4 Å². The zero-order valence-electron chi connectivity index (χ0n) is 17.5. The minimum atomic E-state index is -0.488. The maximum Gasteiger partial charge on any atom is 0.129 e. The fourth-order valence-electron chi connectivity index (χ4n) is 3.69. The first-order valence-electron chi connectivity index (χ1n) is 10.1. The number of aryl methyl sites for hydroxylation is 1. The van der Waals surface area contributed by atoms with Crippen LogP contribution in [0, 0.1) is 12.7 Å². The van der Waals surface area contributed by atoms with Gasteiger partial charge in [-0.2, -0.15) is 0 Å². The fraction of sp³-hybridized carbons (Fsp3) is 0.231. The Labute approximate surface area is 176 Å². The molecule has 3 aromatic carbocycles. The van der Waals surface area contributed by atoms with Crippen molar-refractivity contribution in [3.63, 3.8) is 0 Å². The van der Waals surface area contributed by atoms with Crippen LogP contribution in [0.2, 0.25) is 0 Å². The second kappa shape index (κ2) is 7.96. The SMILES string of the molecule is Cc1cc(-n2c(C(C)(C)CO)cc3c(OCc4ccccc4)cccc32)ccc1F. The smallest absolute Gasteiger partial charge is 0.129 e. The van der Waals surface area contributed by atoms with E-state index in [1.165, 1.54) is 6.07 Å². The molecule has 0 unspecified atom stereocenters. The molecule has 0 fully saturated rings. The van der Waals surface area contributed by atoms with Crippen molar-refractivity contribution in [3.05, 3.63) is 95.4 Å². The van der Waals surface area contributed by atoms with Crippen molar-refractivity contribution in [2.45, 2.75) is 32.8 Å². The largest absolute Gasteiger partial charge is 0.488 e. The van der Waals surface area contributed by atoms with Crippen LogP contribution < -0.4 is 4.74 Å². The van der Waals surface area contributed by atoms with Crippen LogP contribution in [0.5, 0.6) is 5.75 Å². The number of hydrogen-bond donors (Lipinski definition) is 1. The number of rotatable bonds is 6. The zero-order chi connectivity index (χ0) is 21.3. The number of benzene rings is 3. The molecule has 0 atom stereocenters. The molecular formula is C26H26FNO2. The number of halogens is 1. The average molecular weight is 403 g/mol. The van der Waals surface area contributed by atoms with Crippen LogP contribution in [-0.4, -0.2) is 16.3 Å². The normalized spacial score (nSPS) is 11.8. The highest BCUT2D eigenvalue weighted by Gasteiger charge is 2.27. The van der Waals surface area contributed by atoms with E-state index in [4.69, 9.17) is 4.74 Å². The molecular weight excluding hydrogens is 377 g/mol. The van der Waals surface area contributed by atoms with E-state index in [1.54, 1.807) is 13.0 Å². The van der Waals surface area contributed by atoms with Gasteiger partial charge in [-0.15, -0.1) is 0 Å². The molecule has 3 nitrogen and oxygen atoms in total. The molecule has 0 saturated carbocycles. The Morgan fingerprint density at radius 2 is 1.73 bits per heavy atom. The van der Waals surface area contributed by atoms with Crippen LogP contribution in [0.3, 0.4) is 0 Å². The zero-order valence-corrected chi connectivity index (χ0v) is 17.5. The molecule has 30 heavy (non-hydrogen) atoms. The Balaban J connectivity index is 1.87. The highest BCUT2D eigenvalue weighted by atomic mass is 19.1. The lowest BCUT2D eigenvalue weighted by Crippen LogP contribution is -2.25. The second-order valence-electron chi connectivity index (χ2n) is 8.30. The second-order valence-corrected chi connectivity index (χ2v) is 8.30. The van der Waals surface area contributed by atoms with Gasteiger partial charge in [0.25, 0.3) is 0 Å². The third-order valence-electron chi connectivity index (χ3n) is 5.53. The van der Waals surface area contributed by atoms with Gasteiger partial charge in [0, 0.05) is 22.2 Å². The molecule has 1 aromatic heterocycles. The number of ether oxygens (including phenoxy) is 1. The summed E-state index contributed by atoms with van der Waals surface area (Å²) in [5.41, 5.74) is 3.96. The van der Waals surface area contributed by atoms with Gasteiger partial charge in [-0.25, -0.2) is 4.39 Å². The predicted molar refractivity (Wildman–Crippen MR) is 119 cm³/mol. The van der Waals surface area contributed by atoms with E-state index in [2.05, 4.69) is 10.6 Å². The van der Waals surface area contributed by atoms with Crippen molar-refractivity contribution in [2.75, 3.05) is 6.61 Å². The van der Waals surface area contributed by atoms with Crippen molar-refractivity contribution in [2.24, 2.45) is 0 Å². The molecule has 0 aliphatic heterocycles. The van der Waals surface area contributed by atoms with Crippen molar-refractivity contribution in [1.82, 2.24) is 4.57 Å². The molecule has 0 radical (unpaired) electrons. The van der Waals surface area contributed by atoms with E-state index in [9.17, 15) is 9.50 Å². The van der Waals surface area contributed by atoms with Gasteiger partial charge in [-0.05, 0) is 54.4 Å². The van der Waals surface area contributed by atoms with Gasteiger partial charge in [-0.3, -0.25) is 0 Å². The third-order valence-corrected chi connectivity index (χ3v) is 5.53. The standard InChI is InChI=1S/C26H26FNO2/c1-18-14-20(12-13-22(18)27)28-23-10-7-11-24(30-16-19-8-5-4-6-9-19)21(23)15-25(28)26(2,3)17-29/h4-15,29H,16-17H2,1-3H3.